The molecular weight excluding hydrogens is 340 g/mol. The number of nitrogens with zero attached hydrogens (tertiary/aromatic N) is 2. The van der Waals surface area contributed by atoms with Gasteiger partial charge in [-0.2, -0.15) is 0 Å². The zero-order chi connectivity index (χ0) is 16.8. The molecule has 0 bridgehead atoms. The van der Waals surface area contributed by atoms with Crippen molar-refractivity contribution in [2.75, 3.05) is 7.11 Å². The minimum absolute atomic E-state index is 0.581. The fourth-order valence-electron chi connectivity index (χ4n) is 1.98. The maximum Gasteiger partial charge on any atom is 0.213 e. The molecule has 0 saturated carbocycles. The number of aliphatic imine (C=N–C) groups is 1. The Labute approximate surface area is 150 Å². The van der Waals surface area contributed by atoms with Crippen LogP contribution in [-0.2, 0) is 0 Å². The van der Waals surface area contributed by atoms with Crippen molar-refractivity contribution in [1.82, 2.24) is 4.98 Å². The van der Waals surface area contributed by atoms with Crippen LogP contribution < -0.4 is 4.74 Å². The predicted octanol–water partition coefficient (Wildman–Crippen LogP) is 5.65. The lowest BCUT2D eigenvalue weighted by atomic mass is 10.2. The molecule has 0 unspecified atom stereocenters. The van der Waals surface area contributed by atoms with Crippen LogP contribution in [-0.4, -0.2) is 18.3 Å². The number of benzene rings is 2. The topological polar surface area (TPSA) is 34.5 Å². The third-order valence-electron chi connectivity index (χ3n) is 3.22. The van der Waals surface area contributed by atoms with Gasteiger partial charge in [0, 0.05) is 27.1 Å². The van der Waals surface area contributed by atoms with Crippen molar-refractivity contribution in [2.24, 2.45) is 4.99 Å². The number of halogens is 1. The van der Waals surface area contributed by atoms with Gasteiger partial charge in [-0.1, -0.05) is 35.5 Å². The summed E-state index contributed by atoms with van der Waals surface area (Å²) in [7, 11) is 1.59. The van der Waals surface area contributed by atoms with E-state index in [1.54, 1.807) is 31.1 Å². The SMILES string of the molecule is COc1ccc(N=Cc2ccc(Sc3ccc(Cl)cc3)cc2)cn1. The molecule has 2 aromatic carbocycles. The lowest BCUT2D eigenvalue weighted by Gasteiger charge is -2.02. The molecule has 3 rings (SSSR count). The summed E-state index contributed by atoms with van der Waals surface area (Å²) in [5.41, 5.74) is 1.82. The van der Waals surface area contributed by atoms with E-state index >= 15 is 0 Å². The number of hydrogen-bond donors (Lipinski definition) is 0. The molecule has 0 aliphatic carbocycles. The molecule has 5 heteroatoms. The summed E-state index contributed by atoms with van der Waals surface area (Å²) in [5, 5.41) is 0.749. The van der Waals surface area contributed by atoms with Crippen LogP contribution in [0.3, 0.4) is 0 Å². The Balaban J connectivity index is 1.65. The van der Waals surface area contributed by atoms with Crippen molar-refractivity contribution in [1.29, 1.82) is 0 Å². The van der Waals surface area contributed by atoms with E-state index < -0.39 is 0 Å². The van der Waals surface area contributed by atoms with Crippen LogP contribution in [0.5, 0.6) is 5.88 Å². The fourth-order valence-corrected chi connectivity index (χ4v) is 2.92. The second-order valence-corrected chi connectivity index (χ2v) is 6.53. The van der Waals surface area contributed by atoms with Crippen molar-refractivity contribution in [3.05, 3.63) is 77.4 Å². The highest BCUT2D eigenvalue weighted by Crippen LogP contribution is 2.28. The van der Waals surface area contributed by atoms with E-state index in [0.29, 0.717) is 5.88 Å². The van der Waals surface area contributed by atoms with Gasteiger partial charge in [-0.05, 0) is 48.0 Å². The molecule has 120 valence electrons. The standard InChI is InChI=1S/C19H15ClN2OS/c1-23-19-11-6-16(13-22-19)21-12-14-2-7-17(8-3-14)24-18-9-4-15(20)5-10-18/h2-13H,1H3. The molecular formula is C19H15ClN2OS. The molecule has 3 nitrogen and oxygen atoms in total. The third kappa shape index (κ3) is 4.60. The predicted molar refractivity (Wildman–Crippen MR) is 100 cm³/mol. The average Bonchev–Trinajstić information content (AvgIpc) is 2.63. The normalized spacial score (nSPS) is 10.9. The van der Waals surface area contributed by atoms with Crippen LogP contribution in [0.25, 0.3) is 0 Å². The van der Waals surface area contributed by atoms with Gasteiger partial charge in [0.1, 0.15) is 0 Å². The Bertz CT molecular complexity index is 815. The summed E-state index contributed by atoms with van der Waals surface area (Å²) >= 11 is 7.60. The first-order chi connectivity index (χ1) is 11.7. The summed E-state index contributed by atoms with van der Waals surface area (Å²) in [6, 6.07) is 19.7. The monoisotopic (exact) mass is 354 g/mol. The molecule has 24 heavy (non-hydrogen) atoms. The van der Waals surface area contributed by atoms with Crippen molar-refractivity contribution >= 4 is 35.3 Å². The van der Waals surface area contributed by atoms with E-state index in [2.05, 4.69) is 22.1 Å². The van der Waals surface area contributed by atoms with Gasteiger partial charge >= 0.3 is 0 Å². The van der Waals surface area contributed by atoms with Gasteiger partial charge in [0.2, 0.25) is 5.88 Å². The van der Waals surface area contributed by atoms with Crippen LogP contribution in [0.15, 0.2) is 81.6 Å². The summed E-state index contributed by atoms with van der Waals surface area (Å²) in [6.07, 6.45) is 3.50. The quantitative estimate of drug-likeness (QED) is 0.555. The summed E-state index contributed by atoms with van der Waals surface area (Å²) in [4.78, 5) is 10.9. The van der Waals surface area contributed by atoms with Crippen molar-refractivity contribution in [3.8, 4) is 5.88 Å². The Hall–Kier alpha value is -2.30. The van der Waals surface area contributed by atoms with Gasteiger partial charge in [-0.3, -0.25) is 4.99 Å². The summed E-state index contributed by atoms with van der Waals surface area (Å²) in [6.45, 7) is 0. The highest BCUT2D eigenvalue weighted by molar-refractivity contribution is 7.99. The summed E-state index contributed by atoms with van der Waals surface area (Å²) < 4.78 is 5.03. The van der Waals surface area contributed by atoms with Gasteiger partial charge < -0.3 is 4.74 Å². The molecule has 0 N–H and O–H groups in total. The molecule has 0 aliphatic heterocycles. The minimum Gasteiger partial charge on any atom is -0.481 e. The van der Waals surface area contributed by atoms with Crippen molar-refractivity contribution in [2.45, 2.75) is 9.79 Å². The first-order valence-corrected chi connectivity index (χ1v) is 8.50. The smallest absolute Gasteiger partial charge is 0.213 e. The first-order valence-electron chi connectivity index (χ1n) is 7.30. The van der Waals surface area contributed by atoms with E-state index in [1.165, 1.54) is 4.90 Å². The van der Waals surface area contributed by atoms with E-state index in [4.69, 9.17) is 16.3 Å². The number of aromatic nitrogens is 1. The number of hydrogen-bond acceptors (Lipinski definition) is 4. The van der Waals surface area contributed by atoms with Crippen molar-refractivity contribution < 1.29 is 4.74 Å². The maximum atomic E-state index is 5.90. The van der Waals surface area contributed by atoms with E-state index in [1.807, 2.05) is 48.7 Å². The summed E-state index contributed by atoms with van der Waals surface area (Å²) in [5.74, 6) is 0.581. The Kier molecular flexibility index (Phi) is 5.51. The zero-order valence-corrected chi connectivity index (χ0v) is 14.6. The number of rotatable bonds is 5. The Morgan fingerprint density at radius 3 is 2.21 bits per heavy atom. The largest absolute Gasteiger partial charge is 0.481 e. The first kappa shape index (κ1) is 16.6. The zero-order valence-electron chi connectivity index (χ0n) is 13.0. The molecule has 0 aliphatic rings. The van der Waals surface area contributed by atoms with Crippen LogP contribution in [0.1, 0.15) is 5.56 Å². The van der Waals surface area contributed by atoms with Gasteiger partial charge in [-0.15, -0.1) is 0 Å². The molecule has 1 heterocycles. The molecule has 0 amide bonds. The maximum absolute atomic E-state index is 5.90. The molecule has 0 fully saturated rings. The molecule has 0 saturated heterocycles. The number of pyridine rings is 1. The van der Waals surface area contributed by atoms with Crippen LogP contribution in [0, 0.1) is 0 Å². The van der Waals surface area contributed by atoms with E-state index in [0.717, 1.165) is 21.2 Å². The lowest BCUT2D eigenvalue weighted by Crippen LogP contribution is -1.85. The van der Waals surface area contributed by atoms with Gasteiger partial charge in [0.05, 0.1) is 19.0 Å². The number of methoxy groups -OCH3 is 1. The van der Waals surface area contributed by atoms with Crippen LogP contribution in [0.4, 0.5) is 5.69 Å². The second-order valence-electron chi connectivity index (χ2n) is 4.94. The molecule has 0 spiro atoms. The molecule has 0 radical (unpaired) electrons. The van der Waals surface area contributed by atoms with Gasteiger partial charge in [0.25, 0.3) is 0 Å². The molecule has 3 aromatic rings. The highest BCUT2D eigenvalue weighted by Gasteiger charge is 1.98. The molecule has 0 atom stereocenters. The lowest BCUT2D eigenvalue weighted by molar-refractivity contribution is 0.398. The van der Waals surface area contributed by atoms with Crippen LogP contribution >= 0.6 is 23.4 Å². The Morgan fingerprint density at radius 1 is 0.958 bits per heavy atom. The molecule has 1 aromatic heterocycles. The second kappa shape index (κ2) is 7.99. The van der Waals surface area contributed by atoms with E-state index in [-0.39, 0.29) is 0 Å². The van der Waals surface area contributed by atoms with Crippen molar-refractivity contribution in [3.63, 3.8) is 0 Å². The number of ether oxygens (including phenoxy) is 1. The minimum atomic E-state index is 0.581. The third-order valence-corrected chi connectivity index (χ3v) is 4.49. The average molecular weight is 355 g/mol. The highest BCUT2D eigenvalue weighted by atomic mass is 35.5. The fraction of sp³-hybridized carbons (Fsp3) is 0.0526. The van der Waals surface area contributed by atoms with Gasteiger partial charge in [0.15, 0.2) is 0 Å². The van der Waals surface area contributed by atoms with Gasteiger partial charge in [-0.25, -0.2) is 4.98 Å². The Morgan fingerprint density at radius 2 is 1.62 bits per heavy atom. The van der Waals surface area contributed by atoms with Crippen LogP contribution in [0.2, 0.25) is 5.02 Å². The van der Waals surface area contributed by atoms with E-state index in [9.17, 15) is 0 Å².